The minimum Gasteiger partial charge on any atom is -0.507 e. The number of aryl methyl sites for hydroxylation is 2. The maximum absolute atomic E-state index is 9.81. The maximum atomic E-state index is 9.81. The van der Waals surface area contributed by atoms with E-state index in [1.54, 1.807) is 12.1 Å². The Kier molecular flexibility index (Phi) is 3.56. The molecule has 0 aliphatic heterocycles. The summed E-state index contributed by atoms with van der Waals surface area (Å²) in [7, 11) is 0. The summed E-state index contributed by atoms with van der Waals surface area (Å²) in [5.41, 5.74) is 11.1. The topological polar surface area (TPSA) is 58.6 Å². The predicted molar refractivity (Wildman–Crippen MR) is 80.3 cm³/mol. The molecule has 19 heavy (non-hydrogen) atoms. The Morgan fingerprint density at radius 3 is 2.42 bits per heavy atom. The first kappa shape index (κ1) is 13.1. The van der Waals surface area contributed by atoms with Crippen molar-refractivity contribution >= 4 is 17.1 Å². The third-order valence-electron chi connectivity index (χ3n) is 3.23. The van der Waals surface area contributed by atoms with Crippen LogP contribution in [0.1, 0.15) is 23.6 Å². The van der Waals surface area contributed by atoms with Crippen molar-refractivity contribution in [2.75, 3.05) is 5.73 Å². The number of rotatable bonds is 2. The van der Waals surface area contributed by atoms with Crippen LogP contribution in [0.15, 0.2) is 41.4 Å². The van der Waals surface area contributed by atoms with Crippen LogP contribution in [0.25, 0.3) is 0 Å². The highest BCUT2D eigenvalue weighted by molar-refractivity contribution is 6.03. The van der Waals surface area contributed by atoms with Gasteiger partial charge >= 0.3 is 0 Å². The largest absolute Gasteiger partial charge is 0.507 e. The summed E-state index contributed by atoms with van der Waals surface area (Å²) >= 11 is 0. The van der Waals surface area contributed by atoms with Crippen molar-refractivity contribution in [2.24, 2.45) is 4.99 Å². The van der Waals surface area contributed by atoms with Crippen LogP contribution in [0.4, 0.5) is 11.4 Å². The number of nitrogens with zero attached hydrogens (tertiary/aromatic N) is 1. The molecular weight excluding hydrogens is 236 g/mol. The van der Waals surface area contributed by atoms with Crippen LogP contribution >= 0.6 is 0 Å². The molecule has 2 aromatic rings. The zero-order valence-electron chi connectivity index (χ0n) is 11.4. The molecule has 0 bridgehead atoms. The van der Waals surface area contributed by atoms with E-state index in [0.29, 0.717) is 5.69 Å². The van der Waals surface area contributed by atoms with Gasteiger partial charge in [-0.1, -0.05) is 12.1 Å². The highest BCUT2D eigenvalue weighted by Crippen LogP contribution is 2.27. The number of anilines is 1. The van der Waals surface area contributed by atoms with Gasteiger partial charge in [0, 0.05) is 11.3 Å². The highest BCUT2D eigenvalue weighted by Gasteiger charge is 2.06. The molecule has 0 aromatic heterocycles. The maximum Gasteiger partial charge on any atom is 0.124 e. The fourth-order valence-corrected chi connectivity index (χ4v) is 1.94. The van der Waals surface area contributed by atoms with E-state index in [1.165, 1.54) is 0 Å². The molecule has 0 amide bonds. The van der Waals surface area contributed by atoms with E-state index in [2.05, 4.69) is 4.99 Å². The predicted octanol–water partition coefficient (Wildman–Crippen LogP) is 3.73. The quantitative estimate of drug-likeness (QED) is 0.633. The molecule has 0 aliphatic rings. The van der Waals surface area contributed by atoms with E-state index in [1.807, 2.05) is 45.0 Å². The van der Waals surface area contributed by atoms with E-state index in [-0.39, 0.29) is 5.75 Å². The fourth-order valence-electron chi connectivity index (χ4n) is 1.94. The lowest BCUT2D eigenvalue weighted by Gasteiger charge is -2.08. The molecule has 3 nitrogen and oxygen atoms in total. The number of benzene rings is 2. The number of hydrogen-bond acceptors (Lipinski definition) is 3. The van der Waals surface area contributed by atoms with Gasteiger partial charge in [-0.15, -0.1) is 0 Å². The van der Waals surface area contributed by atoms with Gasteiger partial charge in [0.25, 0.3) is 0 Å². The summed E-state index contributed by atoms with van der Waals surface area (Å²) in [6.07, 6.45) is 0. The Labute approximate surface area is 113 Å². The molecule has 98 valence electrons. The molecule has 3 N–H and O–H groups in total. The number of para-hydroxylation sites is 1. The summed E-state index contributed by atoms with van der Waals surface area (Å²) in [4.78, 5) is 4.52. The van der Waals surface area contributed by atoms with Crippen molar-refractivity contribution in [1.82, 2.24) is 0 Å². The molecule has 0 radical (unpaired) electrons. The molecule has 0 spiro atoms. The van der Waals surface area contributed by atoms with Gasteiger partial charge < -0.3 is 10.8 Å². The second-order valence-electron chi connectivity index (χ2n) is 4.71. The van der Waals surface area contributed by atoms with E-state index in [0.717, 1.165) is 28.1 Å². The molecule has 0 unspecified atom stereocenters. The second-order valence-corrected chi connectivity index (χ2v) is 4.71. The van der Waals surface area contributed by atoms with Crippen LogP contribution in [0.2, 0.25) is 0 Å². The summed E-state index contributed by atoms with van der Waals surface area (Å²) in [5.74, 6) is 0.228. The number of nitrogen functional groups attached to an aromatic ring is 1. The second kappa shape index (κ2) is 5.14. The standard InChI is InChI=1S/C16H18N2O/c1-10-8-14(17)15(9-11(10)2)18-12(3)13-6-4-5-7-16(13)19/h4-9,19H,17H2,1-3H3. The van der Waals surface area contributed by atoms with Crippen LogP contribution in [0, 0.1) is 13.8 Å². The lowest BCUT2D eigenvalue weighted by molar-refractivity contribution is 0.474. The molecule has 2 aromatic carbocycles. The van der Waals surface area contributed by atoms with Gasteiger partial charge in [0.05, 0.1) is 11.4 Å². The summed E-state index contributed by atoms with van der Waals surface area (Å²) in [6.45, 7) is 5.92. The third-order valence-corrected chi connectivity index (χ3v) is 3.23. The van der Waals surface area contributed by atoms with Crippen molar-refractivity contribution in [2.45, 2.75) is 20.8 Å². The van der Waals surface area contributed by atoms with Crippen LogP contribution in [0.5, 0.6) is 5.75 Å². The van der Waals surface area contributed by atoms with E-state index < -0.39 is 0 Å². The molecule has 0 saturated heterocycles. The van der Waals surface area contributed by atoms with Crippen molar-refractivity contribution in [3.05, 3.63) is 53.1 Å². The highest BCUT2D eigenvalue weighted by atomic mass is 16.3. The smallest absolute Gasteiger partial charge is 0.124 e. The lowest BCUT2D eigenvalue weighted by atomic mass is 10.1. The van der Waals surface area contributed by atoms with Crippen LogP contribution in [0.3, 0.4) is 0 Å². The first-order chi connectivity index (χ1) is 8.99. The average Bonchev–Trinajstić information content (AvgIpc) is 2.36. The normalized spacial score (nSPS) is 11.6. The minimum absolute atomic E-state index is 0.228. The number of aliphatic imine (C=N–C) groups is 1. The number of phenols is 1. The SMILES string of the molecule is CC(=Nc1cc(C)c(C)cc1N)c1ccccc1O. The van der Waals surface area contributed by atoms with Crippen molar-refractivity contribution in [3.63, 3.8) is 0 Å². The zero-order valence-corrected chi connectivity index (χ0v) is 11.4. The van der Waals surface area contributed by atoms with Gasteiger partial charge in [-0.25, -0.2) is 0 Å². The average molecular weight is 254 g/mol. The summed E-state index contributed by atoms with van der Waals surface area (Å²) < 4.78 is 0. The van der Waals surface area contributed by atoms with Gasteiger partial charge in [0.15, 0.2) is 0 Å². The molecule has 2 rings (SSSR count). The van der Waals surface area contributed by atoms with Crippen molar-refractivity contribution in [3.8, 4) is 5.75 Å². The molecule has 0 aliphatic carbocycles. The van der Waals surface area contributed by atoms with Gasteiger partial charge in [0.2, 0.25) is 0 Å². The monoisotopic (exact) mass is 254 g/mol. The number of hydrogen-bond donors (Lipinski definition) is 2. The fraction of sp³-hybridized carbons (Fsp3) is 0.188. The van der Waals surface area contributed by atoms with Crippen LogP contribution in [-0.2, 0) is 0 Å². The Hall–Kier alpha value is -2.29. The van der Waals surface area contributed by atoms with E-state index >= 15 is 0 Å². The summed E-state index contributed by atoms with van der Waals surface area (Å²) in [5, 5.41) is 9.81. The number of nitrogens with two attached hydrogens (primary N) is 1. The van der Waals surface area contributed by atoms with Crippen LogP contribution in [-0.4, -0.2) is 10.8 Å². The van der Waals surface area contributed by atoms with Gasteiger partial charge in [0.1, 0.15) is 5.75 Å². The van der Waals surface area contributed by atoms with Crippen molar-refractivity contribution < 1.29 is 5.11 Å². The van der Waals surface area contributed by atoms with Gasteiger partial charge in [-0.3, -0.25) is 4.99 Å². The molecule has 0 atom stereocenters. The number of aromatic hydroxyl groups is 1. The summed E-state index contributed by atoms with van der Waals surface area (Å²) in [6, 6.07) is 11.0. The Bertz CT molecular complexity index is 645. The van der Waals surface area contributed by atoms with Crippen LogP contribution < -0.4 is 5.73 Å². The molecule has 0 fully saturated rings. The Morgan fingerprint density at radius 1 is 1.11 bits per heavy atom. The van der Waals surface area contributed by atoms with Gasteiger partial charge in [-0.05, 0) is 56.2 Å². The first-order valence-corrected chi connectivity index (χ1v) is 6.19. The minimum atomic E-state index is 0.228. The molecule has 0 saturated carbocycles. The number of phenolic OH excluding ortho intramolecular Hbond substituents is 1. The van der Waals surface area contributed by atoms with Gasteiger partial charge in [-0.2, -0.15) is 0 Å². The Morgan fingerprint density at radius 2 is 1.74 bits per heavy atom. The van der Waals surface area contributed by atoms with E-state index in [9.17, 15) is 5.11 Å². The zero-order chi connectivity index (χ0) is 14.0. The third kappa shape index (κ3) is 2.76. The van der Waals surface area contributed by atoms with E-state index in [4.69, 9.17) is 5.73 Å². The van der Waals surface area contributed by atoms with Crippen molar-refractivity contribution in [1.29, 1.82) is 0 Å². The molecular formula is C16H18N2O. The lowest BCUT2D eigenvalue weighted by Crippen LogP contribution is -1.96. The first-order valence-electron chi connectivity index (χ1n) is 6.19. The Balaban J connectivity index is 2.47. The molecule has 0 heterocycles. The molecule has 3 heteroatoms.